The lowest BCUT2D eigenvalue weighted by Crippen LogP contribution is -2.48. The fourth-order valence-corrected chi connectivity index (χ4v) is 1.70. The van der Waals surface area contributed by atoms with Crippen LogP contribution in [0.5, 0.6) is 0 Å². The third kappa shape index (κ3) is 3.54. The Morgan fingerprint density at radius 1 is 1.41 bits per heavy atom. The Labute approximate surface area is 104 Å². The second kappa shape index (κ2) is 5.79. The van der Waals surface area contributed by atoms with Crippen molar-refractivity contribution in [3.05, 3.63) is 17.3 Å². The molecule has 17 heavy (non-hydrogen) atoms. The maximum absolute atomic E-state index is 11.8. The van der Waals surface area contributed by atoms with Crippen LogP contribution in [0.2, 0.25) is 5.15 Å². The number of nitrogens with zero attached hydrogens (tertiary/aromatic N) is 3. The van der Waals surface area contributed by atoms with E-state index in [-0.39, 0.29) is 12.5 Å². The summed E-state index contributed by atoms with van der Waals surface area (Å²) in [6, 6.07) is 3.33. The number of carbonyl (C=O) groups is 1. The van der Waals surface area contributed by atoms with Crippen molar-refractivity contribution in [3.63, 3.8) is 0 Å². The molecule has 0 unspecified atom stereocenters. The van der Waals surface area contributed by atoms with Crippen LogP contribution in [0, 0.1) is 0 Å². The number of aromatic nitrogens is 2. The molecular weight excluding hydrogens is 242 g/mol. The largest absolute Gasteiger partial charge is 0.360 e. The van der Waals surface area contributed by atoms with Gasteiger partial charge < -0.3 is 15.5 Å². The standard InChI is InChI=1S/C10H14ClN5O/c11-8-1-2-9(15-14-8)13-7-10(17)16-5-3-12-4-6-16/h1-2,12H,3-7H2,(H,13,15). The highest BCUT2D eigenvalue weighted by Crippen LogP contribution is 2.05. The molecular formula is C10H14ClN5O. The number of carbonyl (C=O) groups excluding carboxylic acids is 1. The Morgan fingerprint density at radius 3 is 2.82 bits per heavy atom. The normalized spacial score (nSPS) is 15.7. The van der Waals surface area contributed by atoms with Gasteiger partial charge in [0.2, 0.25) is 5.91 Å². The molecule has 0 aromatic carbocycles. The second-order valence-electron chi connectivity index (χ2n) is 3.73. The fraction of sp³-hybridized carbons (Fsp3) is 0.500. The van der Waals surface area contributed by atoms with Gasteiger partial charge in [-0.25, -0.2) is 0 Å². The third-order valence-electron chi connectivity index (χ3n) is 2.52. The molecule has 1 aliphatic heterocycles. The smallest absolute Gasteiger partial charge is 0.242 e. The van der Waals surface area contributed by atoms with Gasteiger partial charge in [-0.3, -0.25) is 4.79 Å². The van der Waals surface area contributed by atoms with E-state index in [1.54, 1.807) is 12.1 Å². The van der Waals surface area contributed by atoms with Gasteiger partial charge in [-0.05, 0) is 12.1 Å². The molecule has 0 bridgehead atoms. The summed E-state index contributed by atoms with van der Waals surface area (Å²) in [5.41, 5.74) is 0. The van der Waals surface area contributed by atoms with Crippen molar-refractivity contribution >= 4 is 23.3 Å². The second-order valence-corrected chi connectivity index (χ2v) is 4.11. The van der Waals surface area contributed by atoms with E-state index in [4.69, 9.17) is 11.6 Å². The molecule has 0 spiro atoms. The SMILES string of the molecule is O=C(CNc1ccc(Cl)nn1)N1CCNCC1. The van der Waals surface area contributed by atoms with E-state index in [1.165, 1.54) is 0 Å². The lowest BCUT2D eigenvalue weighted by atomic mass is 10.3. The van der Waals surface area contributed by atoms with E-state index >= 15 is 0 Å². The Kier molecular flexibility index (Phi) is 4.11. The highest BCUT2D eigenvalue weighted by Gasteiger charge is 2.15. The van der Waals surface area contributed by atoms with Crippen molar-refractivity contribution in [3.8, 4) is 0 Å². The van der Waals surface area contributed by atoms with Gasteiger partial charge >= 0.3 is 0 Å². The van der Waals surface area contributed by atoms with Crippen molar-refractivity contribution in [2.75, 3.05) is 38.0 Å². The predicted octanol–water partition coefficient (Wildman–Crippen LogP) is -0.0263. The Balaban J connectivity index is 1.81. The van der Waals surface area contributed by atoms with Crippen LogP contribution >= 0.6 is 11.6 Å². The minimum Gasteiger partial charge on any atom is -0.360 e. The topological polar surface area (TPSA) is 70.2 Å². The first-order valence-corrected chi connectivity index (χ1v) is 5.85. The maximum atomic E-state index is 11.8. The summed E-state index contributed by atoms with van der Waals surface area (Å²) in [6.07, 6.45) is 0. The zero-order valence-corrected chi connectivity index (χ0v) is 10.1. The molecule has 1 aromatic rings. The van der Waals surface area contributed by atoms with Crippen LogP contribution < -0.4 is 10.6 Å². The van der Waals surface area contributed by atoms with Crippen molar-refractivity contribution in [1.29, 1.82) is 0 Å². The van der Waals surface area contributed by atoms with E-state index < -0.39 is 0 Å². The summed E-state index contributed by atoms with van der Waals surface area (Å²) in [5.74, 6) is 0.626. The molecule has 0 saturated carbocycles. The van der Waals surface area contributed by atoms with Crippen LogP contribution in [0.3, 0.4) is 0 Å². The van der Waals surface area contributed by atoms with Gasteiger partial charge in [0.1, 0.15) is 5.82 Å². The molecule has 1 saturated heterocycles. The van der Waals surface area contributed by atoms with Crippen molar-refractivity contribution in [1.82, 2.24) is 20.4 Å². The summed E-state index contributed by atoms with van der Waals surface area (Å²) in [5, 5.41) is 14.0. The molecule has 1 amide bonds. The molecule has 0 aliphatic carbocycles. The van der Waals surface area contributed by atoms with Gasteiger partial charge in [-0.15, -0.1) is 10.2 Å². The van der Waals surface area contributed by atoms with Gasteiger partial charge in [0.05, 0.1) is 6.54 Å². The Bertz CT molecular complexity index is 377. The summed E-state index contributed by atoms with van der Waals surface area (Å²) in [4.78, 5) is 13.6. The van der Waals surface area contributed by atoms with Crippen molar-refractivity contribution < 1.29 is 4.79 Å². The first-order valence-electron chi connectivity index (χ1n) is 5.47. The number of amides is 1. The van der Waals surface area contributed by atoms with Crippen LogP contribution in [-0.2, 0) is 4.79 Å². The zero-order chi connectivity index (χ0) is 12.1. The van der Waals surface area contributed by atoms with E-state index in [9.17, 15) is 4.79 Å². The van der Waals surface area contributed by atoms with Crippen LogP contribution in [0.25, 0.3) is 0 Å². The van der Waals surface area contributed by atoms with Gasteiger partial charge in [-0.1, -0.05) is 11.6 Å². The summed E-state index contributed by atoms with van der Waals surface area (Å²) in [7, 11) is 0. The number of hydrogen-bond acceptors (Lipinski definition) is 5. The fourth-order valence-electron chi connectivity index (χ4n) is 1.60. The van der Waals surface area contributed by atoms with Crippen LogP contribution in [-0.4, -0.2) is 53.7 Å². The van der Waals surface area contributed by atoms with Crippen molar-refractivity contribution in [2.45, 2.75) is 0 Å². The molecule has 1 aromatic heterocycles. The number of piperazine rings is 1. The quantitative estimate of drug-likeness (QED) is 0.794. The molecule has 1 aliphatic rings. The molecule has 2 heterocycles. The summed E-state index contributed by atoms with van der Waals surface area (Å²) >= 11 is 5.61. The van der Waals surface area contributed by atoms with Crippen LogP contribution in [0.4, 0.5) is 5.82 Å². The molecule has 2 N–H and O–H groups in total. The third-order valence-corrected chi connectivity index (χ3v) is 2.72. The zero-order valence-electron chi connectivity index (χ0n) is 9.32. The van der Waals surface area contributed by atoms with Crippen LogP contribution in [0.15, 0.2) is 12.1 Å². The minimum absolute atomic E-state index is 0.0725. The lowest BCUT2D eigenvalue weighted by molar-refractivity contribution is -0.129. The van der Waals surface area contributed by atoms with Gasteiger partial charge in [0.25, 0.3) is 0 Å². The highest BCUT2D eigenvalue weighted by atomic mass is 35.5. The molecule has 6 nitrogen and oxygen atoms in total. The molecule has 0 radical (unpaired) electrons. The maximum Gasteiger partial charge on any atom is 0.242 e. The van der Waals surface area contributed by atoms with Crippen LogP contribution in [0.1, 0.15) is 0 Å². The van der Waals surface area contributed by atoms with E-state index in [0.29, 0.717) is 11.0 Å². The summed E-state index contributed by atoms with van der Waals surface area (Å²) in [6.45, 7) is 3.45. The number of halogens is 1. The van der Waals surface area contributed by atoms with E-state index in [0.717, 1.165) is 26.2 Å². The van der Waals surface area contributed by atoms with Gasteiger partial charge in [0.15, 0.2) is 5.15 Å². The molecule has 2 rings (SSSR count). The number of hydrogen-bond donors (Lipinski definition) is 2. The highest BCUT2D eigenvalue weighted by molar-refractivity contribution is 6.29. The van der Waals surface area contributed by atoms with Gasteiger partial charge in [-0.2, -0.15) is 0 Å². The molecule has 1 fully saturated rings. The van der Waals surface area contributed by atoms with Crippen molar-refractivity contribution in [2.24, 2.45) is 0 Å². The summed E-state index contributed by atoms with van der Waals surface area (Å²) < 4.78 is 0. The number of nitrogens with one attached hydrogen (secondary N) is 2. The number of anilines is 1. The predicted molar refractivity (Wildman–Crippen MR) is 65.0 cm³/mol. The molecule has 0 atom stereocenters. The lowest BCUT2D eigenvalue weighted by Gasteiger charge is -2.27. The minimum atomic E-state index is 0.0725. The van der Waals surface area contributed by atoms with E-state index in [1.807, 2.05) is 4.90 Å². The average Bonchev–Trinajstić information content (AvgIpc) is 2.39. The Hall–Kier alpha value is -1.40. The monoisotopic (exact) mass is 255 g/mol. The van der Waals surface area contributed by atoms with Gasteiger partial charge in [0, 0.05) is 26.2 Å². The van der Waals surface area contributed by atoms with E-state index in [2.05, 4.69) is 20.8 Å². The first-order chi connectivity index (χ1) is 8.25. The molecule has 7 heteroatoms. The average molecular weight is 256 g/mol. The Morgan fingerprint density at radius 2 is 2.18 bits per heavy atom. The molecule has 92 valence electrons. The number of rotatable bonds is 3. The first kappa shape index (κ1) is 12.1.